The first-order chi connectivity index (χ1) is 15.8. The molecule has 1 aromatic carbocycles. The van der Waals surface area contributed by atoms with E-state index in [2.05, 4.69) is 15.1 Å². The number of alkyl halides is 3. The van der Waals surface area contributed by atoms with Gasteiger partial charge in [-0.1, -0.05) is 16.8 Å². The normalized spacial score (nSPS) is 17.8. The third-order valence-corrected chi connectivity index (χ3v) is 5.45. The molecule has 182 valence electrons. The summed E-state index contributed by atoms with van der Waals surface area (Å²) in [5, 5.41) is 5.70. The molecule has 3 rings (SSSR count). The van der Waals surface area contributed by atoms with Crippen LogP contribution in [-0.4, -0.2) is 40.1 Å². The summed E-state index contributed by atoms with van der Waals surface area (Å²) < 4.78 is 51.1. The van der Waals surface area contributed by atoms with Crippen LogP contribution in [0.1, 0.15) is 59.2 Å². The molecule has 1 aliphatic rings. The van der Waals surface area contributed by atoms with E-state index in [-0.39, 0.29) is 34.8 Å². The molecule has 0 aliphatic carbocycles. The Balaban J connectivity index is 1.68. The molecule has 1 amide bonds. The average Bonchev–Trinajstić information content (AvgIpc) is 3.15. The van der Waals surface area contributed by atoms with E-state index in [1.807, 2.05) is 0 Å². The topological polar surface area (TPSA) is 93.5 Å². The Morgan fingerprint density at radius 1 is 1.24 bits per heavy atom. The maximum atomic E-state index is 14.6. The minimum atomic E-state index is -4.53. The summed E-state index contributed by atoms with van der Waals surface area (Å²) in [6.45, 7) is 3.51. The largest absolute Gasteiger partial charge is 0.405 e. The molecule has 1 aliphatic heterocycles. The Labute approximate surface area is 197 Å². The number of hydrogen-bond acceptors (Lipinski definition) is 6. The second-order valence-corrected chi connectivity index (χ2v) is 8.56. The van der Waals surface area contributed by atoms with Gasteiger partial charge in [0.25, 0.3) is 0 Å². The number of carbonyl (C=O) groups is 2. The number of ketones is 1. The van der Waals surface area contributed by atoms with Crippen LogP contribution in [0.3, 0.4) is 0 Å². The van der Waals surface area contributed by atoms with Crippen molar-refractivity contribution >= 4 is 29.0 Å². The molecule has 12 heteroatoms. The number of Topliss-reactive ketones (excluding diaryl/α,β-unsaturated/α-hetero) is 1. The fourth-order valence-corrected chi connectivity index (χ4v) is 3.73. The summed E-state index contributed by atoms with van der Waals surface area (Å²) in [6, 6.07) is 3.13. The summed E-state index contributed by atoms with van der Waals surface area (Å²) in [4.78, 5) is 37.9. The molecular weight excluding hydrogens is 480 g/mol. The van der Waals surface area contributed by atoms with Crippen LogP contribution in [0.2, 0.25) is 5.02 Å². The number of rotatable bonds is 7. The molecule has 2 aromatic rings. The predicted molar refractivity (Wildman–Crippen MR) is 115 cm³/mol. The second-order valence-electron chi connectivity index (χ2n) is 8.15. The first-order valence-corrected chi connectivity index (χ1v) is 10.6. The molecule has 1 N–H and O–H groups in total. The molecule has 1 atom stereocenters. The lowest BCUT2D eigenvalue weighted by molar-refractivity contribution is -0.138. The average molecular weight is 501 g/mol. The number of benzene rings is 1. The van der Waals surface area contributed by atoms with Crippen LogP contribution >= 0.6 is 11.6 Å². The van der Waals surface area contributed by atoms with E-state index in [1.165, 1.54) is 19.2 Å². The van der Waals surface area contributed by atoms with E-state index in [4.69, 9.17) is 16.4 Å². The zero-order valence-corrected chi connectivity index (χ0v) is 19.3. The molecule has 1 aromatic heterocycles. The Hall–Kier alpha value is -3.08. The maximum Gasteiger partial charge on any atom is 0.405 e. The van der Waals surface area contributed by atoms with Crippen LogP contribution in [-0.2, 0) is 15.2 Å². The summed E-state index contributed by atoms with van der Waals surface area (Å²) in [6.07, 6.45) is -3.80. The van der Waals surface area contributed by atoms with Gasteiger partial charge in [0.05, 0.1) is 16.9 Å². The van der Waals surface area contributed by atoms with E-state index in [0.29, 0.717) is 11.4 Å². The van der Waals surface area contributed by atoms with Crippen LogP contribution < -0.4 is 5.32 Å². The van der Waals surface area contributed by atoms with Crippen molar-refractivity contribution < 1.29 is 32.0 Å². The van der Waals surface area contributed by atoms with Crippen molar-refractivity contribution in [2.45, 2.75) is 51.8 Å². The van der Waals surface area contributed by atoms with Crippen molar-refractivity contribution in [3.05, 3.63) is 57.4 Å². The van der Waals surface area contributed by atoms with Gasteiger partial charge in [-0.05, 0) is 38.5 Å². The molecule has 0 fully saturated rings. The third-order valence-electron chi connectivity index (χ3n) is 5.18. The summed E-state index contributed by atoms with van der Waals surface area (Å²) in [5.41, 5.74) is 0.830. The van der Waals surface area contributed by atoms with Gasteiger partial charge < -0.3 is 10.2 Å². The van der Waals surface area contributed by atoms with Crippen molar-refractivity contribution in [1.29, 1.82) is 0 Å². The lowest BCUT2D eigenvalue weighted by atomic mass is 9.89. The van der Waals surface area contributed by atoms with E-state index in [0.717, 1.165) is 5.56 Å². The van der Waals surface area contributed by atoms with Gasteiger partial charge in [-0.25, -0.2) is 14.4 Å². The van der Waals surface area contributed by atoms with Crippen LogP contribution in [0.15, 0.2) is 23.5 Å². The van der Waals surface area contributed by atoms with Crippen LogP contribution in [0.5, 0.6) is 0 Å². The number of aryl methyl sites for hydroxylation is 2. The lowest BCUT2D eigenvalue weighted by Gasteiger charge is -2.23. The number of carbonyl (C=O) groups excluding carboxylic acids is 2. The molecular formula is C22H21ClF4N4O3. The Bertz CT molecular complexity index is 1170. The van der Waals surface area contributed by atoms with Crippen molar-refractivity contribution in [3.8, 4) is 0 Å². The van der Waals surface area contributed by atoms with Gasteiger partial charge in [0.15, 0.2) is 11.4 Å². The Kier molecular flexibility index (Phi) is 7.25. The smallest absolute Gasteiger partial charge is 0.384 e. The number of hydrogen-bond donors (Lipinski definition) is 1. The van der Waals surface area contributed by atoms with E-state index in [9.17, 15) is 27.2 Å². The Morgan fingerprint density at radius 2 is 1.94 bits per heavy atom. The van der Waals surface area contributed by atoms with Crippen molar-refractivity contribution in [1.82, 2.24) is 15.3 Å². The number of nitrogens with one attached hydrogen (secondary N) is 1. The molecule has 0 radical (unpaired) electrons. The third kappa shape index (κ3) is 5.88. The van der Waals surface area contributed by atoms with E-state index >= 15 is 0 Å². The van der Waals surface area contributed by atoms with Gasteiger partial charge in [0.1, 0.15) is 29.5 Å². The number of aromatic nitrogens is 2. The van der Waals surface area contributed by atoms with Crippen molar-refractivity contribution in [2.24, 2.45) is 5.16 Å². The van der Waals surface area contributed by atoms with Gasteiger partial charge in [-0.15, -0.1) is 0 Å². The van der Waals surface area contributed by atoms with Gasteiger partial charge >= 0.3 is 6.18 Å². The number of oxime groups is 1. The van der Waals surface area contributed by atoms with Crippen LogP contribution in [0, 0.1) is 19.7 Å². The molecule has 7 nitrogen and oxygen atoms in total. The zero-order valence-electron chi connectivity index (χ0n) is 18.5. The lowest BCUT2D eigenvalue weighted by Crippen LogP contribution is -2.33. The first kappa shape index (κ1) is 25.5. The van der Waals surface area contributed by atoms with Crippen LogP contribution in [0.25, 0.3) is 0 Å². The fourth-order valence-electron chi connectivity index (χ4n) is 3.46. The summed E-state index contributed by atoms with van der Waals surface area (Å²) >= 11 is 5.97. The molecule has 0 saturated carbocycles. The van der Waals surface area contributed by atoms with Crippen molar-refractivity contribution in [2.75, 3.05) is 6.54 Å². The fraction of sp³-hybridized carbons (Fsp3) is 0.409. The number of nitrogens with zero attached hydrogens (tertiary/aromatic N) is 3. The Morgan fingerprint density at radius 3 is 2.59 bits per heavy atom. The monoisotopic (exact) mass is 500 g/mol. The molecule has 0 saturated heterocycles. The highest BCUT2D eigenvalue weighted by Crippen LogP contribution is 2.39. The van der Waals surface area contributed by atoms with E-state index < -0.39 is 42.3 Å². The van der Waals surface area contributed by atoms with Crippen molar-refractivity contribution in [3.63, 3.8) is 0 Å². The molecule has 2 heterocycles. The highest BCUT2D eigenvalue weighted by molar-refractivity contribution is 6.30. The minimum Gasteiger partial charge on any atom is -0.384 e. The van der Waals surface area contributed by atoms with Gasteiger partial charge in [0.2, 0.25) is 5.91 Å². The SMILES string of the molecule is Cc1cc(Cl)c(F)c(C2(C)CC(c3cnc(C(=O)CCC(=O)NCC(F)(F)F)c(C)n3)=NO2)c1. The highest BCUT2D eigenvalue weighted by Gasteiger charge is 2.40. The number of amides is 1. The highest BCUT2D eigenvalue weighted by atomic mass is 35.5. The first-order valence-electron chi connectivity index (χ1n) is 10.2. The van der Waals surface area contributed by atoms with Gasteiger partial charge in [-0.2, -0.15) is 13.2 Å². The standard InChI is InChI=1S/C22H21ClF4N4O3/c1-11-6-13(19(24)14(23)7-11)21(3)8-15(31-34-21)16-9-28-20(12(2)30-16)17(32)4-5-18(33)29-10-22(25,26)27/h6-7,9H,4-5,8,10H2,1-3H3,(H,29,33). The summed E-state index contributed by atoms with van der Waals surface area (Å²) in [5.74, 6) is -2.04. The van der Waals surface area contributed by atoms with Crippen LogP contribution in [0.4, 0.5) is 17.6 Å². The second kappa shape index (κ2) is 9.65. The molecule has 0 spiro atoms. The number of halogens is 5. The molecule has 1 unspecified atom stereocenters. The molecule has 34 heavy (non-hydrogen) atoms. The molecule has 0 bridgehead atoms. The van der Waals surface area contributed by atoms with E-state index in [1.54, 1.807) is 25.2 Å². The maximum absolute atomic E-state index is 14.6. The zero-order chi connectivity index (χ0) is 25.3. The summed E-state index contributed by atoms with van der Waals surface area (Å²) in [7, 11) is 0. The minimum absolute atomic E-state index is 0.00819. The quantitative estimate of drug-likeness (QED) is 0.444. The van der Waals surface area contributed by atoms with Gasteiger partial charge in [-0.3, -0.25) is 9.59 Å². The van der Waals surface area contributed by atoms with Gasteiger partial charge in [0, 0.05) is 24.8 Å². The predicted octanol–water partition coefficient (Wildman–Crippen LogP) is 4.57.